The third kappa shape index (κ3) is 3.16. The van der Waals surface area contributed by atoms with Gasteiger partial charge in [0, 0.05) is 25.1 Å². The first kappa shape index (κ1) is 14.1. The van der Waals surface area contributed by atoms with Crippen LogP contribution in [0.2, 0.25) is 0 Å². The average Bonchev–Trinajstić information content (AvgIpc) is 2.77. The quantitative estimate of drug-likeness (QED) is 0.844. The second-order valence-electron chi connectivity index (χ2n) is 5.58. The Morgan fingerprint density at radius 2 is 2.17 bits per heavy atom. The van der Waals surface area contributed by atoms with Crippen molar-refractivity contribution in [2.75, 3.05) is 39.5 Å². The Morgan fingerprint density at radius 1 is 1.39 bits per heavy atom. The minimum Gasteiger partial charge on any atom is -0.396 e. The highest BCUT2D eigenvalue weighted by atomic mass is 19.4. The predicted molar refractivity (Wildman–Crippen MR) is 60.2 cm³/mol. The molecular formula is C12H20F3NO2. The van der Waals surface area contributed by atoms with Gasteiger partial charge in [-0.3, -0.25) is 0 Å². The molecule has 0 saturated carbocycles. The van der Waals surface area contributed by atoms with E-state index in [1.54, 1.807) is 0 Å². The standard InChI is InChI=1S/C12H20F3NO2/c13-12(14,15)10-2-1-4-16(6-10)7-11(8-17)3-5-18-9-11/h10,17H,1-9H2. The van der Waals surface area contributed by atoms with Crippen molar-refractivity contribution in [2.45, 2.75) is 25.4 Å². The van der Waals surface area contributed by atoms with Crippen LogP contribution in [0.1, 0.15) is 19.3 Å². The maximum atomic E-state index is 12.7. The lowest BCUT2D eigenvalue weighted by Gasteiger charge is -2.38. The number of aliphatic hydroxyl groups excluding tert-OH is 1. The van der Waals surface area contributed by atoms with E-state index in [4.69, 9.17) is 4.74 Å². The van der Waals surface area contributed by atoms with Crippen LogP contribution >= 0.6 is 0 Å². The van der Waals surface area contributed by atoms with Gasteiger partial charge in [-0.1, -0.05) is 0 Å². The van der Waals surface area contributed by atoms with Crippen LogP contribution in [0.25, 0.3) is 0 Å². The Balaban J connectivity index is 1.93. The van der Waals surface area contributed by atoms with Gasteiger partial charge in [-0.15, -0.1) is 0 Å². The summed E-state index contributed by atoms with van der Waals surface area (Å²) >= 11 is 0. The number of nitrogens with zero attached hydrogens (tertiary/aromatic N) is 1. The van der Waals surface area contributed by atoms with Gasteiger partial charge in [-0.25, -0.2) is 0 Å². The van der Waals surface area contributed by atoms with E-state index in [9.17, 15) is 18.3 Å². The van der Waals surface area contributed by atoms with E-state index in [2.05, 4.69) is 0 Å². The van der Waals surface area contributed by atoms with Crippen molar-refractivity contribution in [1.29, 1.82) is 0 Å². The number of halogens is 3. The van der Waals surface area contributed by atoms with Crippen molar-refractivity contribution < 1.29 is 23.0 Å². The van der Waals surface area contributed by atoms with Crippen molar-refractivity contribution in [3.63, 3.8) is 0 Å². The first-order valence-corrected chi connectivity index (χ1v) is 6.43. The van der Waals surface area contributed by atoms with Crippen LogP contribution in [0.5, 0.6) is 0 Å². The maximum absolute atomic E-state index is 12.7. The molecule has 0 aromatic carbocycles. The first-order valence-electron chi connectivity index (χ1n) is 6.43. The number of piperidine rings is 1. The fourth-order valence-electron chi connectivity index (χ4n) is 2.89. The molecule has 0 radical (unpaired) electrons. The molecule has 2 unspecified atom stereocenters. The molecule has 0 amide bonds. The highest BCUT2D eigenvalue weighted by molar-refractivity contribution is 4.88. The van der Waals surface area contributed by atoms with Gasteiger partial charge in [-0.2, -0.15) is 13.2 Å². The van der Waals surface area contributed by atoms with Crippen molar-refractivity contribution in [1.82, 2.24) is 4.90 Å². The number of alkyl halides is 3. The van der Waals surface area contributed by atoms with Gasteiger partial charge in [0.2, 0.25) is 0 Å². The van der Waals surface area contributed by atoms with Gasteiger partial charge in [0.15, 0.2) is 0 Å². The van der Waals surface area contributed by atoms with Crippen LogP contribution in [0.4, 0.5) is 13.2 Å². The summed E-state index contributed by atoms with van der Waals surface area (Å²) in [5, 5.41) is 9.44. The van der Waals surface area contributed by atoms with Crippen LogP contribution in [0, 0.1) is 11.3 Å². The van der Waals surface area contributed by atoms with Crippen molar-refractivity contribution in [2.24, 2.45) is 11.3 Å². The molecule has 2 rings (SSSR count). The van der Waals surface area contributed by atoms with Crippen LogP contribution in [-0.4, -0.2) is 55.6 Å². The molecule has 2 fully saturated rings. The monoisotopic (exact) mass is 267 g/mol. The smallest absolute Gasteiger partial charge is 0.393 e. The van der Waals surface area contributed by atoms with Crippen molar-refractivity contribution >= 4 is 0 Å². The summed E-state index contributed by atoms with van der Waals surface area (Å²) < 4.78 is 43.4. The zero-order valence-corrected chi connectivity index (χ0v) is 10.4. The molecule has 0 aromatic rings. The zero-order chi connectivity index (χ0) is 13.2. The summed E-state index contributed by atoms with van der Waals surface area (Å²) in [5.41, 5.74) is -0.354. The van der Waals surface area contributed by atoms with Crippen molar-refractivity contribution in [3.8, 4) is 0 Å². The lowest BCUT2D eigenvalue weighted by molar-refractivity contribution is -0.188. The molecule has 2 heterocycles. The van der Waals surface area contributed by atoms with Gasteiger partial charge in [0.05, 0.1) is 19.1 Å². The molecule has 0 aromatic heterocycles. The van der Waals surface area contributed by atoms with Crippen LogP contribution in [0.15, 0.2) is 0 Å². The Kier molecular flexibility index (Phi) is 4.18. The molecule has 0 aliphatic carbocycles. The predicted octanol–water partition coefficient (Wildman–Crippen LogP) is 1.66. The summed E-state index contributed by atoms with van der Waals surface area (Å²) in [6, 6.07) is 0. The third-order valence-corrected chi connectivity index (χ3v) is 4.05. The Hall–Kier alpha value is -0.330. The fraction of sp³-hybridized carbons (Fsp3) is 1.00. The summed E-state index contributed by atoms with van der Waals surface area (Å²) in [6.45, 7) is 2.30. The van der Waals surface area contributed by atoms with Gasteiger partial charge >= 0.3 is 6.18 Å². The van der Waals surface area contributed by atoms with E-state index in [1.807, 2.05) is 4.90 Å². The van der Waals surface area contributed by atoms with E-state index in [-0.39, 0.29) is 25.0 Å². The summed E-state index contributed by atoms with van der Waals surface area (Å²) in [6.07, 6.45) is -2.57. The summed E-state index contributed by atoms with van der Waals surface area (Å²) in [4.78, 5) is 1.84. The number of hydrogen-bond acceptors (Lipinski definition) is 3. The lowest BCUT2D eigenvalue weighted by Crippen LogP contribution is -2.47. The molecule has 3 nitrogen and oxygen atoms in total. The van der Waals surface area contributed by atoms with Crippen LogP contribution < -0.4 is 0 Å². The number of ether oxygens (including phenoxy) is 1. The SMILES string of the molecule is OCC1(CN2CCCC(C(F)(F)F)C2)CCOC1. The maximum Gasteiger partial charge on any atom is 0.393 e. The van der Waals surface area contributed by atoms with Gasteiger partial charge in [-0.05, 0) is 25.8 Å². The Morgan fingerprint density at radius 3 is 2.72 bits per heavy atom. The summed E-state index contributed by atoms with van der Waals surface area (Å²) in [7, 11) is 0. The largest absolute Gasteiger partial charge is 0.396 e. The molecule has 6 heteroatoms. The molecule has 2 saturated heterocycles. The highest BCUT2D eigenvalue weighted by Crippen LogP contribution is 2.35. The average molecular weight is 267 g/mol. The van der Waals surface area contributed by atoms with Crippen LogP contribution in [0.3, 0.4) is 0 Å². The molecule has 0 bridgehead atoms. The number of rotatable bonds is 3. The molecule has 2 aliphatic rings. The zero-order valence-electron chi connectivity index (χ0n) is 10.4. The van der Waals surface area contributed by atoms with Crippen molar-refractivity contribution in [3.05, 3.63) is 0 Å². The molecule has 1 N–H and O–H groups in total. The minimum atomic E-state index is -4.10. The Labute approximate surface area is 105 Å². The molecular weight excluding hydrogens is 247 g/mol. The highest BCUT2D eigenvalue weighted by Gasteiger charge is 2.44. The molecule has 106 valence electrons. The molecule has 18 heavy (non-hydrogen) atoms. The third-order valence-electron chi connectivity index (χ3n) is 4.05. The topological polar surface area (TPSA) is 32.7 Å². The van der Waals surface area contributed by atoms with E-state index in [1.165, 1.54) is 0 Å². The summed E-state index contributed by atoms with van der Waals surface area (Å²) in [5.74, 6) is -1.22. The van der Waals surface area contributed by atoms with Crippen LogP contribution in [-0.2, 0) is 4.74 Å². The minimum absolute atomic E-state index is 0.0137. The number of likely N-dealkylation sites (tertiary alicyclic amines) is 1. The molecule has 0 spiro atoms. The lowest BCUT2D eigenvalue weighted by atomic mass is 9.86. The van der Waals surface area contributed by atoms with E-state index in [0.717, 1.165) is 6.42 Å². The molecule has 2 atom stereocenters. The van der Waals surface area contributed by atoms with Gasteiger partial charge in [0.25, 0.3) is 0 Å². The fourth-order valence-corrected chi connectivity index (χ4v) is 2.89. The first-order chi connectivity index (χ1) is 8.45. The molecule has 2 aliphatic heterocycles. The van der Waals surface area contributed by atoms with E-state index in [0.29, 0.717) is 32.7 Å². The van der Waals surface area contributed by atoms with Gasteiger partial charge in [0.1, 0.15) is 0 Å². The number of aliphatic hydroxyl groups is 1. The van der Waals surface area contributed by atoms with E-state index >= 15 is 0 Å². The normalized spacial score (nSPS) is 35.0. The second kappa shape index (κ2) is 5.35. The van der Waals surface area contributed by atoms with Gasteiger partial charge < -0.3 is 14.7 Å². The Bertz CT molecular complexity index is 277. The number of hydrogen-bond donors (Lipinski definition) is 1. The van der Waals surface area contributed by atoms with E-state index < -0.39 is 12.1 Å². The second-order valence-corrected chi connectivity index (χ2v) is 5.58.